The lowest BCUT2D eigenvalue weighted by Gasteiger charge is -2.22. The number of carbonyl (C=O) groups excluding carboxylic acids is 1. The number of nitrogens with one attached hydrogen (secondary N) is 3. The molecule has 0 saturated carbocycles. The van der Waals surface area contributed by atoms with Crippen molar-refractivity contribution >= 4 is 12.1 Å². The summed E-state index contributed by atoms with van der Waals surface area (Å²) in [6.45, 7) is 3.74. The van der Waals surface area contributed by atoms with Crippen molar-refractivity contribution < 1.29 is 32.5 Å². The van der Waals surface area contributed by atoms with E-state index >= 15 is 0 Å². The number of hydrogen-bond acceptors (Lipinski definition) is 6. The molecule has 1 aromatic rings. The monoisotopic (exact) mass is 444 g/mol. The Bertz CT molecular complexity index is 761. The number of rotatable bonds is 10. The van der Waals surface area contributed by atoms with Crippen LogP contribution < -0.4 is 30.2 Å². The minimum Gasteiger partial charge on any atom is -0.454 e. The van der Waals surface area contributed by atoms with Crippen molar-refractivity contribution in [1.82, 2.24) is 16.0 Å². The van der Waals surface area contributed by atoms with E-state index in [0.29, 0.717) is 35.5 Å². The van der Waals surface area contributed by atoms with Crippen LogP contribution >= 0.6 is 0 Å². The summed E-state index contributed by atoms with van der Waals surface area (Å²) in [6, 6.07) is 2.79. The Morgan fingerprint density at radius 2 is 1.94 bits per heavy atom. The molecular formula is C20H30F2N4O5. The van der Waals surface area contributed by atoms with Gasteiger partial charge in [-0.1, -0.05) is 13.8 Å². The van der Waals surface area contributed by atoms with Gasteiger partial charge in [-0.05, 0) is 25.3 Å². The second-order valence-electron chi connectivity index (χ2n) is 7.19. The summed E-state index contributed by atoms with van der Waals surface area (Å²) in [4.78, 5) is 15.9. The third-order valence-corrected chi connectivity index (χ3v) is 4.31. The minimum absolute atomic E-state index is 0.0103. The fourth-order valence-electron chi connectivity index (χ4n) is 3.03. The highest BCUT2D eigenvalue weighted by Crippen LogP contribution is 2.38. The molecular weight excluding hydrogens is 414 g/mol. The van der Waals surface area contributed by atoms with Crippen LogP contribution in [0.5, 0.6) is 17.2 Å². The molecule has 1 amide bonds. The van der Waals surface area contributed by atoms with Gasteiger partial charge >= 0.3 is 12.7 Å². The van der Waals surface area contributed by atoms with Crippen molar-refractivity contribution in [1.29, 1.82) is 0 Å². The number of alkyl halides is 2. The smallest absolute Gasteiger partial charge is 0.407 e. The molecule has 0 aromatic heterocycles. The van der Waals surface area contributed by atoms with Crippen LogP contribution in [-0.4, -0.2) is 51.7 Å². The van der Waals surface area contributed by atoms with Gasteiger partial charge in [-0.3, -0.25) is 4.99 Å². The van der Waals surface area contributed by atoms with Gasteiger partial charge in [0.15, 0.2) is 17.5 Å². The first kappa shape index (κ1) is 24.3. The Labute approximate surface area is 180 Å². The SMILES string of the molecule is CCOC(=O)NC(CNC(=NC)NCc1cc2c(cc1OC(F)F)OCO2)CC(C)C. The maximum absolute atomic E-state index is 12.8. The summed E-state index contributed by atoms with van der Waals surface area (Å²) in [6.07, 6.45) is 0.254. The van der Waals surface area contributed by atoms with Crippen LogP contribution in [0, 0.1) is 5.92 Å². The van der Waals surface area contributed by atoms with Crippen LogP contribution in [0.25, 0.3) is 0 Å². The highest BCUT2D eigenvalue weighted by Gasteiger charge is 2.20. The Hall–Kier alpha value is -2.98. The van der Waals surface area contributed by atoms with Gasteiger partial charge < -0.3 is 34.9 Å². The molecule has 0 aliphatic carbocycles. The molecule has 0 bridgehead atoms. The standard InChI is InChI=1S/C20H30F2N4O5/c1-5-28-20(27)26-14(6-12(2)3)10-25-19(23-4)24-9-13-7-16-17(30-11-29-16)8-15(13)31-18(21)22/h7-8,12,14,18H,5-6,9-11H2,1-4H3,(H,26,27)(H2,23,24,25). The topological polar surface area (TPSA) is 102 Å². The van der Waals surface area contributed by atoms with E-state index in [2.05, 4.69) is 39.5 Å². The third-order valence-electron chi connectivity index (χ3n) is 4.31. The molecule has 0 radical (unpaired) electrons. The zero-order valence-corrected chi connectivity index (χ0v) is 18.2. The van der Waals surface area contributed by atoms with E-state index in [4.69, 9.17) is 14.2 Å². The summed E-state index contributed by atoms with van der Waals surface area (Å²) >= 11 is 0. The molecule has 31 heavy (non-hydrogen) atoms. The van der Waals surface area contributed by atoms with Gasteiger partial charge in [-0.25, -0.2) is 4.79 Å². The van der Waals surface area contributed by atoms with Gasteiger partial charge in [0.05, 0.1) is 6.61 Å². The lowest BCUT2D eigenvalue weighted by Crippen LogP contribution is -2.47. The normalized spacial score (nSPS) is 13.9. The Morgan fingerprint density at radius 1 is 1.23 bits per heavy atom. The van der Waals surface area contributed by atoms with Crippen LogP contribution in [0.3, 0.4) is 0 Å². The van der Waals surface area contributed by atoms with Crippen LogP contribution in [0.2, 0.25) is 0 Å². The molecule has 11 heteroatoms. The van der Waals surface area contributed by atoms with Crippen molar-refractivity contribution in [2.75, 3.05) is 27.0 Å². The van der Waals surface area contributed by atoms with E-state index in [1.54, 1.807) is 20.0 Å². The molecule has 1 aromatic carbocycles. The second-order valence-corrected chi connectivity index (χ2v) is 7.19. The number of carbonyl (C=O) groups is 1. The number of halogens is 2. The summed E-state index contributed by atoms with van der Waals surface area (Å²) < 4.78 is 45.7. The lowest BCUT2D eigenvalue weighted by atomic mass is 10.0. The maximum atomic E-state index is 12.8. The van der Waals surface area contributed by atoms with E-state index in [0.717, 1.165) is 6.42 Å². The first-order valence-corrected chi connectivity index (χ1v) is 10.1. The van der Waals surface area contributed by atoms with Gasteiger partial charge in [0.2, 0.25) is 6.79 Å². The summed E-state index contributed by atoms with van der Waals surface area (Å²) in [5.74, 6) is 1.58. The predicted octanol–water partition coefficient (Wildman–Crippen LogP) is 2.84. The third kappa shape index (κ3) is 7.99. The fourth-order valence-corrected chi connectivity index (χ4v) is 3.03. The molecule has 3 N–H and O–H groups in total. The summed E-state index contributed by atoms with van der Waals surface area (Å²) in [5.41, 5.74) is 0.455. The van der Waals surface area contributed by atoms with Crippen molar-refractivity contribution in [3.8, 4) is 17.2 Å². The highest BCUT2D eigenvalue weighted by molar-refractivity contribution is 5.79. The van der Waals surface area contributed by atoms with Crippen LogP contribution in [0.15, 0.2) is 17.1 Å². The first-order valence-electron chi connectivity index (χ1n) is 10.1. The van der Waals surface area contributed by atoms with E-state index < -0.39 is 12.7 Å². The molecule has 174 valence electrons. The second kappa shape index (κ2) is 12.0. The van der Waals surface area contributed by atoms with Crippen LogP contribution in [-0.2, 0) is 11.3 Å². The molecule has 1 unspecified atom stereocenters. The van der Waals surface area contributed by atoms with Crippen molar-refractivity contribution in [3.63, 3.8) is 0 Å². The highest BCUT2D eigenvalue weighted by atomic mass is 19.3. The van der Waals surface area contributed by atoms with Gasteiger partial charge in [0.1, 0.15) is 5.75 Å². The van der Waals surface area contributed by atoms with Crippen molar-refractivity contribution in [2.45, 2.75) is 46.4 Å². The maximum Gasteiger partial charge on any atom is 0.407 e. The number of aliphatic imine (C=N–C) groups is 1. The average Bonchev–Trinajstić information content (AvgIpc) is 3.14. The zero-order chi connectivity index (χ0) is 22.8. The molecule has 0 fully saturated rings. The van der Waals surface area contributed by atoms with E-state index in [-0.39, 0.29) is 31.7 Å². The first-order chi connectivity index (χ1) is 14.8. The van der Waals surface area contributed by atoms with Crippen molar-refractivity contribution in [2.24, 2.45) is 10.9 Å². The van der Waals surface area contributed by atoms with Crippen LogP contribution in [0.4, 0.5) is 13.6 Å². The lowest BCUT2D eigenvalue weighted by molar-refractivity contribution is -0.0505. The fraction of sp³-hybridized carbons (Fsp3) is 0.600. The van der Waals surface area contributed by atoms with E-state index in [1.165, 1.54) is 6.07 Å². The number of nitrogens with zero attached hydrogens (tertiary/aromatic N) is 1. The molecule has 1 aliphatic heterocycles. The zero-order valence-electron chi connectivity index (χ0n) is 18.2. The number of ether oxygens (including phenoxy) is 4. The van der Waals surface area contributed by atoms with Crippen molar-refractivity contribution in [3.05, 3.63) is 17.7 Å². The Balaban J connectivity index is 1.99. The number of fused-ring (bicyclic) bond motifs is 1. The van der Waals surface area contributed by atoms with Gasteiger partial charge in [-0.15, -0.1) is 0 Å². The number of alkyl carbamates (subject to hydrolysis) is 1. The number of hydrogen-bond donors (Lipinski definition) is 3. The molecule has 0 saturated heterocycles. The quantitative estimate of drug-likeness (QED) is 0.377. The molecule has 1 heterocycles. The predicted molar refractivity (Wildman–Crippen MR) is 111 cm³/mol. The number of guanidine groups is 1. The molecule has 9 nitrogen and oxygen atoms in total. The largest absolute Gasteiger partial charge is 0.454 e. The Morgan fingerprint density at radius 3 is 2.55 bits per heavy atom. The van der Waals surface area contributed by atoms with Crippen LogP contribution in [0.1, 0.15) is 32.8 Å². The van der Waals surface area contributed by atoms with E-state index in [9.17, 15) is 13.6 Å². The molecule has 0 spiro atoms. The number of benzene rings is 1. The van der Waals surface area contributed by atoms with Gasteiger partial charge in [-0.2, -0.15) is 8.78 Å². The summed E-state index contributed by atoms with van der Waals surface area (Å²) in [7, 11) is 1.59. The minimum atomic E-state index is -2.97. The van der Waals surface area contributed by atoms with Gasteiger partial charge in [0.25, 0.3) is 0 Å². The molecule has 1 atom stereocenters. The molecule has 2 rings (SSSR count). The molecule has 1 aliphatic rings. The number of amides is 1. The van der Waals surface area contributed by atoms with Gasteiger partial charge in [0, 0.05) is 37.8 Å². The van der Waals surface area contributed by atoms with E-state index in [1.807, 2.05) is 0 Å². The Kier molecular flexibility index (Phi) is 9.41. The summed E-state index contributed by atoms with van der Waals surface area (Å²) in [5, 5.41) is 9.00. The average molecular weight is 444 g/mol.